The van der Waals surface area contributed by atoms with Crippen molar-refractivity contribution in [1.82, 2.24) is 14.7 Å². The van der Waals surface area contributed by atoms with E-state index in [9.17, 15) is 4.79 Å². The number of nitrogens with zero attached hydrogens (tertiary/aromatic N) is 2. The lowest BCUT2D eigenvalue weighted by atomic mass is 10.0. The highest BCUT2D eigenvalue weighted by atomic mass is 16.5. The van der Waals surface area contributed by atoms with Crippen molar-refractivity contribution in [3.05, 3.63) is 108 Å². The van der Waals surface area contributed by atoms with Gasteiger partial charge in [-0.3, -0.25) is 4.79 Å². The van der Waals surface area contributed by atoms with Crippen LogP contribution in [0.5, 0.6) is 11.5 Å². The molecule has 3 aromatic carbocycles. The maximum absolute atomic E-state index is 12.9. The van der Waals surface area contributed by atoms with Crippen LogP contribution in [-0.4, -0.2) is 36.1 Å². The summed E-state index contributed by atoms with van der Waals surface area (Å²) < 4.78 is 12.8. The second-order valence-electron chi connectivity index (χ2n) is 9.52. The van der Waals surface area contributed by atoms with Crippen LogP contribution < -0.4 is 14.8 Å². The minimum atomic E-state index is 0.0134. The summed E-state index contributed by atoms with van der Waals surface area (Å²) in [5.41, 5.74) is 8.46. The summed E-state index contributed by atoms with van der Waals surface area (Å²) in [6.45, 7) is 2.67. The second kappa shape index (κ2) is 11.9. The molecule has 0 bridgehead atoms. The topological polar surface area (TPSA) is 64.9 Å². The highest BCUT2D eigenvalue weighted by molar-refractivity contribution is 5.77. The molecule has 39 heavy (non-hydrogen) atoms. The van der Waals surface area contributed by atoms with E-state index < -0.39 is 0 Å². The molecule has 0 fully saturated rings. The average molecular weight is 520 g/mol. The first-order valence-corrected chi connectivity index (χ1v) is 13.2. The maximum atomic E-state index is 12.9. The fraction of sp³-hybridized carbons (Fsp3) is 0.212. The summed E-state index contributed by atoms with van der Waals surface area (Å²) in [6.07, 6.45) is 3.79. The van der Waals surface area contributed by atoms with Crippen molar-refractivity contribution in [2.75, 3.05) is 20.8 Å². The van der Waals surface area contributed by atoms with E-state index in [-0.39, 0.29) is 5.91 Å². The van der Waals surface area contributed by atoms with Gasteiger partial charge in [0, 0.05) is 24.7 Å². The molecule has 2 heterocycles. The molecule has 1 N–H and O–H groups in total. The van der Waals surface area contributed by atoms with E-state index >= 15 is 0 Å². The molecular weight excluding hydrogens is 486 g/mol. The largest absolute Gasteiger partial charge is 0.493 e. The number of methoxy groups -OCH3 is 2. The molecule has 0 atom stereocenters. The summed E-state index contributed by atoms with van der Waals surface area (Å²) in [7, 11) is 3.24. The van der Waals surface area contributed by atoms with E-state index in [1.54, 1.807) is 14.2 Å². The van der Waals surface area contributed by atoms with E-state index in [4.69, 9.17) is 14.5 Å². The van der Waals surface area contributed by atoms with E-state index in [0.717, 1.165) is 33.7 Å². The molecule has 6 heteroatoms. The van der Waals surface area contributed by atoms with Gasteiger partial charge in [-0.1, -0.05) is 60.7 Å². The Hall–Kier alpha value is -4.58. The Balaban J connectivity index is 1.34. The lowest BCUT2D eigenvalue weighted by Crippen LogP contribution is -2.26. The first-order chi connectivity index (χ1) is 19.1. The van der Waals surface area contributed by atoms with Crippen LogP contribution in [0.4, 0.5) is 0 Å². The number of aryl methyl sites for hydroxylation is 2. The van der Waals surface area contributed by atoms with E-state index in [0.29, 0.717) is 37.3 Å². The quantitative estimate of drug-likeness (QED) is 0.236. The minimum Gasteiger partial charge on any atom is -0.493 e. The number of rotatable bonds is 10. The predicted octanol–water partition coefficient (Wildman–Crippen LogP) is 6.29. The maximum Gasteiger partial charge on any atom is 0.220 e. The number of hydrogen-bond donors (Lipinski definition) is 1. The first-order valence-electron chi connectivity index (χ1n) is 13.2. The van der Waals surface area contributed by atoms with Crippen LogP contribution in [0.1, 0.15) is 23.2 Å². The Morgan fingerprint density at radius 3 is 2.38 bits per heavy atom. The summed E-state index contributed by atoms with van der Waals surface area (Å²) in [5, 5.41) is 3.07. The fourth-order valence-electron chi connectivity index (χ4n) is 4.92. The van der Waals surface area contributed by atoms with Gasteiger partial charge in [-0.15, -0.1) is 0 Å². The second-order valence-corrected chi connectivity index (χ2v) is 9.52. The molecular formula is C33H33N3O3. The van der Waals surface area contributed by atoms with Crippen molar-refractivity contribution in [3.63, 3.8) is 0 Å². The molecule has 6 nitrogen and oxygen atoms in total. The number of fused-ring (bicyclic) bond motifs is 1. The van der Waals surface area contributed by atoms with Crippen LogP contribution in [0.2, 0.25) is 0 Å². The van der Waals surface area contributed by atoms with E-state index in [2.05, 4.69) is 71.4 Å². The Morgan fingerprint density at radius 1 is 0.846 bits per heavy atom. The SMILES string of the molecule is COc1ccc(CCNC(=O)CCc2c(-c3ccccc3)nc3ccc(-c4ccccc4C)cn23)cc1OC. The van der Waals surface area contributed by atoms with Crippen molar-refractivity contribution in [2.45, 2.75) is 26.2 Å². The van der Waals surface area contributed by atoms with E-state index in [1.807, 2.05) is 36.4 Å². The van der Waals surface area contributed by atoms with Gasteiger partial charge in [0.1, 0.15) is 5.65 Å². The van der Waals surface area contributed by atoms with Crippen molar-refractivity contribution in [2.24, 2.45) is 0 Å². The lowest BCUT2D eigenvalue weighted by Gasteiger charge is -2.11. The normalized spacial score (nSPS) is 10.9. The first kappa shape index (κ1) is 26.0. The standard InChI is InChI=1S/C33H33N3O3/c1-23-9-7-8-12-27(23)26-14-17-31-35-33(25-10-5-4-6-11-25)28(36(31)22-26)15-18-32(37)34-20-19-24-13-16-29(38-2)30(21-24)39-3/h4-14,16-17,21-22H,15,18-20H2,1-3H3,(H,34,37). The number of ether oxygens (including phenoxy) is 2. The number of amides is 1. The molecule has 0 aliphatic rings. The zero-order chi connectivity index (χ0) is 27.2. The Kier molecular flexibility index (Phi) is 7.92. The number of hydrogen-bond acceptors (Lipinski definition) is 4. The van der Waals surface area contributed by atoms with Gasteiger partial charge in [0.25, 0.3) is 0 Å². The van der Waals surface area contributed by atoms with Crippen LogP contribution in [0.15, 0.2) is 91.1 Å². The minimum absolute atomic E-state index is 0.0134. The molecule has 0 radical (unpaired) electrons. The highest BCUT2D eigenvalue weighted by Crippen LogP contribution is 2.30. The highest BCUT2D eigenvalue weighted by Gasteiger charge is 2.16. The zero-order valence-corrected chi connectivity index (χ0v) is 22.6. The van der Waals surface area contributed by atoms with Gasteiger partial charge in [-0.25, -0.2) is 4.98 Å². The summed E-state index contributed by atoms with van der Waals surface area (Å²) in [5.74, 6) is 1.39. The fourth-order valence-corrected chi connectivity index (χ4v) is 4.92. The summed E-state index contributed by atoms with van der Waals surface area (Å²) in [4.78, 5) is 17.8. The number of aromatic nitrogens is 2. The molecule has 5 aromatic rings. The van der Waals surface area contributed by atoms with Gasteiger partial charge in [0.15, 0.2) is 11.5 Å². The number of nitrogens with one attached hydrogen (secondary N) is 1. The van der Waals surface area contributed by atoms with Gasteiger partial charge in [-0.2, -0.15) is 0 Å². The Morgan fingerprint density at radius 2 is 1.62 bits per heavy atom. The van der Waals surface area contributed by atoms with Gasteiger partial charge >= 0.3 is 0 Å². The molecule has 0 saturated heterocycles. The van der Waals surface area contributed by atoms with Crippen LogP contribution >= 0.6 is 0 Å². The van der Waals surface area contributed by atoms with Crippen LogP contribution in [0.3, 0.4) is 0 Å². The van der Waals surface area contributed by atoms with Crippen molar-refractivity contribution in [1.29, 1.82) is 0 Å². The van der Waals surface area contributed by atoms with Gasteiger partial charge in [0.05, 0.1) is 25.6 Å². The van der Waals surface area contributed by atoms with Gasteiger partial charge in [0.2, 0.25) is 5.91 Å². The molecule has 0 aliphatic carbocycles. The predicted molar refractivity (Wildman–Crippen MR) is 155 cm³/mol. The molecule has 1 amide bonds. The third-order valence-corrected chi connectivity index (χ3v) is 6.99. The number of imidazole rings is 1. The molecule has 0 spiro atoms. The number of carbonyl (C=O) groups is 1. The summed E-state index contributed by atoms with van der Waals surface area (Å²) >= 11 is 0. The number of pyridine rings is 1. The van der Waals surface area contributed by atoms with Crippen LogP contribution in [0.25, 0.3) is 28.0 Å². The molecule has 0 saturated carbocycles. The molecule has 5 rings (SSSR count). The van der Waals surface area contributed by atoms with Gasteiger partial charge < -0.3 is 19.2 Å². The Labute approximate surface area is 229 Å². The van der Waals surface area contributed by atoms with Crippen LogP contribution in [-0.2, 0) is 17.6 Å². The average Bonchev–Trinajstić information content (AvgIpc) is 3.34. The smallest absolute Gasteiger partial charge is 0.220 e. The van der Waals surface area contributed by atoms with Crippen molar-refractivity contribution < 1.29 is 14.3 Å². The van der Waals surface area contributed by atoms with Crippen LogP contribution in [0, 0.1) is 6.92 Å². The zero-order valence-electron chi connectivity index (χ0n) is 22.6. The van der Waals surface area contributed by atoms with E-state index in [1.165, 1.54) is 11.1 Å². The van der Waals surface area contributed by atoms with Crippen molar-refractivity contribution in [3.8, 4) is 33.9 Å². The lowest BCUT2D eigenvalue weighted by molar-refractivity contribution is -0.121. The third-order valence-electron chi connectivity index (χ3n) is 6.99. The third kappa shape index (κ3) is 5.80. The molecule has 0 aliphatic heterocycles. The molecule has 2 aromatic heterocycles. The number of carbonyl (C=O) groups excluding carboxylic acids is 1. The monoisotopic (exact) mass is 519 g/mol. The van der Waals surface area contributed by atoms with Crippen molar-refractivity contribution >= 4 is 11.6 Å². The molecule has 198 valence electrons. The molecule has 0 unspecified atom stereocenters. The Bertz CT molecular complexity index is 1590. The summed E-state index contributed by atoms with van der Waals surface area (Å²) in [6, 6.07) is 28.5. The van der Waals surface area contributed by atoms with Gasteiger partial charge in [-0.05, 0) is 66.3 Å². The number of benzene rings is 3.